The summed E-state index contributed by atoms with van der Waals surface area (Å²) in [7, 11) is 0. The highest BCUT2D eigenvalue weighted by atomic mass is 19.1. The summed E-state index contributed by atoms with van der Waals surface area (Å²) < 4.78 is 12.8. The Morgan fingerprint density at radius 1 is 1.00 bits per heavy atom. The van der Waals surface area contributed by atoms with Gasteiger partial charge in [-0.25, -0.2) is 4.39 Å². The van der Waals surface area contributed by atoms with Crippen LogP contribution in [0, 0.1) is 5.82 Å². The molecule has 6 heteroatoms. The van der Waals surface area contributed by atoms with Gasteiger partial charge in [-0.15, -0.1) is 0 Å². The smallest absolute Gasteiger partial charge is 0.312 e. The maximum atomic E-state index is 12.8. The highest BCUT2D eigenvalue weighted by Crippen LogP contribution is 2.05. The number of rotatable bonds is 7. The number of carbonyl (C=O) groups excluding carboxylic acids is 2. The number of carbonyl (C=O) groups is 2. The van der Waals surface area contributed by atoms with Crippen molar-refractivity contribution in [2.75, 3.05) is 19.7 Å². The molecular weight excluding hydrogens is 323 g/mol. The lowest BCUT2D eigenvalue weighted by atomic mass is 10.1. The molecule has 0 fully saturated rings. The number of hydrogen-bond acceptors (Lipinski definition) is 3. The average molecular weight is 344 g/mol. The Hall–Kier alpha value is -2.73. The van der Waals surface area contributed by atoms with E-state index in [9.17, 15) is 14.0 Å². The summed E-state index contributed by atoms with van der Waals surface area (Å²) in [4.78, 5) is 25.6. The summed E-state index contributed by atoms with van der Waals surface area (Å²) in [5, 5.41) is 11.7. The van der Waals surface area contributed by atoms with E-state index in [-0.39, 0.29) is 32.1 Å². The van der Waals surface area contributed by atoms with Crippen LogP contribution >= 0.6 is 0 Å². The first-order valence-electron chi connectivity index (χ1n) is 8.06. The van der Waals surface area contributed by atoms with Crippen LogP contribution < -0.4 is 5.32 Å². The van der Waals surface area contributed by atoms with Crippen LogP contribution in [0.3, 0.4) is 0 Å². The minimum absolute atomic E-state index is 0.0825. The molecule has 0 heterocycles. The summed E-state index contributed by atoms with van der Waals surface area (Å²) in [6.07, 6.45) is 0.498. The molecular formula is C19H21FN2O3. The molecule has 0 spiro atoms. The number of hydrogen-bond donors (Lipinski definition) is 2. The first-order chi connectivity index (χ1) is 12.1. The monoisotopic (exact) mass is 344 g/mol. The fraction of sp³-hybridized carbons (Fsp3) is 0.263. The molecule has 0 aliphatic heterocycles. The Morgan fingerprint density at radius 2 is 1.68 bits per heavy atom. The molecule has 0 aromatic heterocycles. The number of nitrogens with zero attached hydrogens (tertiary/aromatic N) is 1. The third-order valence-corrected chi connectivity index (χ3v) is 3.68. The summed E-state index contributed by atoms with van der Waals surface area (Å²) >= 11 is 0. The van der Waals surface area contributed by atoms with E-state index >= 15 is 0 Å². The zero-order valence-electron chi connectivity index (χ0n) is 13.8. The molecule has 0 bridgehead atoms. The third-order valence-electron chi connectivity index (χ3n) is 3.68. The Bertz CT molecular complexity index is 690. The molecule has 0 saturated heterocycles. The molecule has 132 valence electrons. The molecule has 0 saturated carbocycles. The SMILES string of the molecule is O=C(NCCc1ccc(F)cc1)C(=O)N(CCO)Cc1ccccc1. The second-order valence-electron chi connectivity index (χ2n) is 5.57. The van der Waals surface area contributed by atoms with Gasteiger partial charge in [-0.2, -0.15) is 0 Å². The van der Waals surface area contributed by atoms with Gasteiger partial charge in [0.05, 0.1) is 6.61 Å². The fourth-order valence-corrected chi connectivity index (χ4v) is 2.37. The van der Waals surface area contributed by atoms with E-state index in [0.717, 1.165) is 11.1 Å². The van der Waals surface area contributed by atoms with Crippen LogP contribution in [-0.4, -0.2) is 41.5 Å². The molecule has 2 aromatic carbocycles. The van der Waals surface area contributed by atoms with Crippen LogP contribution in [0.25, 0.3) is 0 Å². The molecule has 0 aliphatic rings. The van der Waals surface area contributed by atoms with Gasteiger partial charge < -0.3 is 15.3 Å². The standard InChI is InChI=1S/C19H21FN2O3/c20-17-8-6-15(7-9-17)10-11-21-18(24)19(25)22(12-13-23)14-16-4-2-1-3-5-16/h1-9,23H,10-14H2,(H,21,24). The fourth-order valence-electron chi connectivity index (χ4n) is 2.37. The summed E-state index contributed by atoms with van der Waals surface area (Å²) in [5.74, 6) is -1.72. The molecule has 2 amide bonds. The Balaban J connectivity index is 1.87. The van der Waals surface area contributed by atoms with Gasteiger partial charge in [0.15, 0.2) is 0 Å². The number of amides is 2. The van der Waals surface area contributed by atoms with Crippen molar-refractivity contribution in [3.63, 3.8) is 0 Å². The van der Waals surface area contributed by atoms with Crippen LogP contribution in [-0.2, 0) is 22.6 Å². The van der Waals surface area contributed by atoms with E-state index in [0.29, 0.717) is 6.42 Å². The van der Waals surface area contributed by atoms with Crippen molar-refractivity contribution in [3.05, 3.63) is 71.5 Å². The van der Waals surface area contributed by atoms with Gasteiger partial charge in [-0.3, -0.25) is 9.59 Å². The van der Waals surface area contributed by atoms with Crippen molar-refractivity contribution < 1.29 is 19.1 Å². The maximum Gasteiger partial charge on any atom is 0.312 e. The van der Waals surface area contributed by atoms with Crippen molar-refractivity contribution in [1.29, 1.82) is 0 Å². The predicted molar refractivity (Wildman–Crippen MR) is 92.1 cm³/mol. The largest absolute Gasteiger partial charge is 0.395 e. The van der Waals surface area contributed by atoms with E-state index in [1.807, 2.05) is 30.3 Å². The van der Waals surface area contributed by atoms with Crippen LogP contribution in [0.1, 0.15) is 11.1 Å². The van der Waals surface area contributed by atoms with Gasteiger partial charge in [0.25, 0.3) is 0 Å². The highest BCUT2D eigenvalue weighted by molar-refractivity contribution is 6.34. The molecule has 25 heavy (non-hydrogen) atoms. The van der Waals surface area contributed by atoms with Crippen molar-refractivity contribution >= 4 is 11.8 Å². The topological polar surface area (TPSA) is 69.6 Å². The van der Waals surface area contributed by atoms with Crippen molar-refractivity contribution in [2.24, 2.45) is 0 Å². The van der Waals surface area contributed by atoms with E-state index in [2.05, 4.69) is 5.32 Å². The van der Waals surface area contributed by atoms with Gasteiger partial charge in [0.1, 0.15) is 5.82 Å². The molecule has 0 atom stereocenters. The maximum absolute atomic E-state index is 12.8. The van der Waals surface area contributed by atoms with Crippen molar-refractivity contribution in [1.82, 2.24) is 10.2 Å². The number of aliphatic hydroxyl groups is 1. The molecule has 5 nitrogen and oxygen atoms in total. The first-order valence-corrected chi connectivity index (χ1v) is 8.06. The predicted octanol–water partition coefficient (Wildman–Crippen LogP) is 1.51. The number of aliphatic hydroxyl groups excluding tert-OH is 1. The lowest BCUT2D eigenvalue weighted by Gasteiger charge is -2.21. The van der Waals surface area contributed by atoms with Gasteiger partial charge in [0, 0.05) is 19.6 Å². The van der Waals surface area contributed by atoms with Crippen molar-refractivity contribution in [3.8, 4) is 0 Å². The Labute approximate surface area is 146 Å². The zero-order chi connectivity index (χ0) is 18.1. The minimum Gasteiger partial charge on any atom is -0.395 e. The lowest BCUT2D eigenvalue weighted by molar-refractivity contribution is -0.146. The Kier molecular flexibility index (Phi) is 7.10. The van der Waals surface area contributed by atoms with E-state index in [1.165, 1.54) is 17.0 Å². The normalized spacial score (nSPS) is 10.3. The number of nitrogens with one attached hydrogen (secondary N) is 1. The number of benzene rings is 2. The van der Waals surface area contributed by atoms with Crippen molar-refractivity contribution in [2.45, 2.75) is 13.0 Å². The minimum atomic E-state index is -0.716. The molecule has 0 aliphatic carbocycles. The molecule has 0 unspecified atom stereocenters. The molecule has 0 radical (unpaired) electrons. The van der Waals surface area contributed by atoms with Crippen LogP contribution in [0.15, 0.2) is 54.6 Å². The van der Waals surface area contributed by atoms with Crippen LogP contribution in [0.2, 0.25) is 0 Å². The summed E-state index contributed by atoms with van der Waals surface area (Å²) in [6.45, 7) is 0.390. The zero-order valence-corrected chi connectivity index (χ0v) is 13.8. The average Bonchev–Trinajstić information content (AvgIpc) is 2.63. The molecule has 2 rings (SSSR count). The summed E-state index contributed by atoms with van der Waals surface area (Å²) in [6, 6.07) is 15.2. The number of halogens is 1. The van der Waals surface area contributed by atoms with Gasteiger partial charge in [0.2, 0.25) is 0 Å². The third kappa shape index (κ3) is 6.00. The van der Waals surface area contributed by atoms with E-state index in [4.69, 9.17) is 5.11 Å². The summed E-state index contributed by atoms with van der Waals surface area (Å²) in [5.41, 5.74) is 1.74. The first kappa shape index (κ1) is 18.6. The lowest BCUT2D eigenvalue weighted by Crippen LogP contribution is -2.44. The molecule has 2 N–H and O–H groups in total. The highest BCUT2D eigenvalue weighted by Gasteiger charge is 2.21. The van der Waals surface area contributed by atoms with E-state index < -0.39 is 11.8 Å². The van der Waals surface area contributed by atoms with Crippen LogP contribution in [0.4, 0.5) is 4.39 Å². The quantitative estimate of drug-likeness (QED) is 0.748. The van der Waals surface area contributed by atoms with Gasteiger partial charge in [-0.1, -0.05) is 42.5 Å². The van der Waals surface area contributed by atoms with Gasteiger partial charge in [-0.05, 0) is 29.7 Å². The second-order valence-corrected chi connectivity index (χ2v) is 5.57. The Morgan fingerprint density at radius 3 is 2.32 bits per heavy atom. The molecule has 2 aromatic rings. The van der Waals surface area contributed by atoms with Crippen LogP contribution in [0.5, 0.6) is 0 Å². The van der Waals surface area contributed by atoms with E-state index in [1.54, 1.807) is 12.1 Å². The second kappa shape index (κ2) is 9.54. The van der Waals surface area contributed by atoms with Gasteiger partial charge >= 0.3 is 11.8 Å².